The molecule has 1 N–H and O–H groups in total. The van der Waals surface area contributed by atoms with Gasteiger partial charge in [0.1, 0.15) is 5.60 Å². The molecule has 0 bridgehead atoms. The molecule has 1 spiro atoms. The van der Waals surface area contributed by atoms with E-state index in [1.54, 1.807) is 6.20 Å². The van der Waals surface area contributed by atoms with Crippen LogP contribution in [0.2, 0.25) is 0 Å². The van der Waals surface area contributed by atoms with E-state index in [1.807, 2.05) is 0 Å². The maximum Gasteiger partial charge on any atom is 0.418 e. The lowest BCUT2D eigenvalue weighted by Crippen LogP contribution is -2.34. The first-order valence-electron chi connectivity index (χ1n) is 9.84. The monoisotopic (exact) mass is 420 g/mol. The number of fused-ring (bicyclic) bond motifs is 4. The van der Waals surface area contributed by atoms with Crippen molar-refractivity contribution in [3.63, 3.8) is 0 Å². The first-order chi connectivity index (χ1) is 14.0. The first kappa shape index (κ1) is 19.4. The summed E-state index contributed by atoms with van der Waals surface area (Å²) in [5, 5.41) is 14.1. The minimum absolute atomic E-state index is 0.243. The van der Waals surface area contributed by atoms with Crippen molar-refractivity contribution in [2.75, 3.05) is 0 Å². The number of nitrogens with zero attached hydrogens (tertiary/aromatic N) is 4. The van der Waals surface area contributed by atoms with Gasteiger partial charge in [0.2, 0.25) is 5.95 Å². The minimum atomic E-state index is -4.65. The Labute approximate surface area is 169 Å². The van der Waals surface area contributed by atoms with Crippen molar-refractivity contribution in [3.8, 4) is 0 Å². The lowest BCUT2D eigenvalue weighted by atomic mass is 9.66. The maximum absolute atomic E-state index is 13.8. The van der Waals surface area contributed by atoms with Gasteiger partial charge in [0, 0.05) is 35.4 Å². The van der Waals surface area contributed by atoms with Crippen LogP contribution in [-0.4, -0.2) is 24.7 Å². The summed E-state index contributed by atoms with van der Waals surface area (Å²) in [6, 6.07) is 2.34. The van der Waals surface area contributed by atoms with Crippen LogP contribution in [0, 0.1) is 5.95 Å². The van der Waals surface area contributed by atoms with Crippen molar-refractivity contribution in [1.82, 2.24) is 19.6 Å². The molecule has 1 atom stereocenters. The summed E-state index contributed by atoms with van der Waals surface area (Å²) in [6.07, 6.45) is 1.73. The Kier molecular flexibility index (Phi) is 3.88. The van der Waals surface area contributed by atoms with Gasteiger partial charge < -0.3 is 5.11 Å². The predicted octanol–water partition coefficient (Wildman–Crippen LogP) is 4.47. The van der Waals surface area contributed by atoms with Crippen LogP contribution in [0.4, 0.5) is 17.6 Å². The maximum atomic E-state index is 13.8. The first-order valence-corrected chi connectivity index (χ1v) is 9.84. The Morgan fingerprint density at radius 2 is 1.87 bits per heavy atom. The predicted molar refractivity (Wildman–Crippen MR) is 99.4 cm³/mol. The topological polar surface area (TPSA) is 63.3 Å². The van der Waals surface area contributed by atoms with E-state index >= 15 is 0 Å². The number of aliphatic hydroxyl groups is 1. The molecular formula is C21H20F4N4O. The van der Waals surface area contributed by atoms with Gasteiger partial charge in [-0.25, -0.2) is 9.50 Å². The Morgan fingerprint density at radius 1 is 1.13 bits per heavy atom. The van der Waals surface area contributed by atoms with Crippen LogP contribution in [0.5, 0.6) is 0 Å². The quantitative estimate of drug-likeness (QED) is 0.622. The Bertz CT molecular complexity index is 1160. The van der Waals surface area contributed by atoms with Crippen molar-refractivity contribution in [2.45, 2.75) is 62.6 Å². The zero-order valence-electron chi connectivity index (χ0n) is 16.5. The number of halogens is 4. The minimum Gasteiger partial charge on any atom is -0.384 e. The third kappa shape index (κ3) is 2.74. The fourth-order valence-electron chi connectivity index (χ4n) is 5.02. The molecule has 0 aliphatic heterocycles. The van der Waals surface area contributed by atoms with E-state index in [0.717, 1.165) is 36.6 Å². The summed E-state index contributed by atoms with van der Waals surface area (Å²) in [5.41, 5.74) is -0.914. The van der Waals surface area contributed by atoms with E-state index in [-0.39, 0.29) is 11.3 Å². The third-order valence-electron chi connectivity index (χ3n) is 6.46. The van der Waals surface area contributed by atoms with Crippen molar-refractivity contribution in [3.05, 3.63) is 58.6 Å². The molecule has 2 aliphatic carbocycles. The molecule has 2 aliphatic rings. The number of pyridine rings is 1. The summed E-state index contributed by atoms with van der Waals surface area (Å²) < 4.78 is 56.6. The molecule has 1 unspecified atom stereocenters. The third-order valence-corrected chi connectivity index (χ3v) is 6.46. The molecular weight excluding hydrogens is 400 g/mol. The van der Waals surface area contributed by atoms with E-state index in [0.29, 0.717) is 17.6 Å². The van der Waals surface area contributed by atoms with Gasteiger partial charge >= 0.3 is 6.18 Å². The summed E-state index contributed by atoms with van der Waals surface area (Å²) >= 11 is 0. The average Bonchev–Trinajstić information content (AvgIpc) is 3.16. The Balaban J connectivity index is 1.69. The van der Waals surface area contributed by atoms with Crippen LogP contribution in [-0.2, 0) is 17.2 Å². The SMILES string of the molecule is CC(C)(O)c1ncc(C2CC3(CCC3)c3c2cnc2cc(F)nn32)cc1C(F)(F)F. The van der Waals surface area contributed by atoms with Crippen LogP contribution in [0.1, 0.15) is 73.5 Å². The van der Waals surface area contributed by atoms with E-state index in [2.05, 4.69) is 15.1 Å². The molecule has 3 aromatic rings. The van der Waals surface area contributed by atoms with Crippen molar-refractivity contribution in [2.24, 2.45) is 0 Å². The van der Waals surface area contributed by atoms with Gasteiger partial charge in [-0.05, 0) is 44.7 Å². The van der Waals surface area contributed by atoms with Gasteiger partial charge in [-0.1, -0.05) is 6.42 Å². The Morgan fingerprint density at radius 3 is 2.47 bits per heavy atom. The van der Waals surface area contributed by atoms with Crippen LogP contribution in [0.3, 0.4) is 0 Å². The van der Waals surface area contributed by atoms with E-state index < -0.39 is 29.0 Å². The molecule has 3 aromatic heterocycles. The second kappa shape index (κ2) is 6.00. The van der Waals surface area contributed by atoms with Gasteiger partial charge in [-0.3, -0.25) is 4.98 Å². The largest absolute Gasteiger partial charge is 0.418 e. The summed E-state index contributed by atoms with van der Waals surface area (Å²) in [7, 11) is 0. The Hall–Kier alpha value is -2.55. The van der Waals surface area contributed by atoms with Gasteiger partial charge in [0.15, 0.2) is 5.65 Å². The molecule has 3 heterocycles. The molecule has 1 saturated carbocycles. The lowest BCUT2D eigenvalue weighted by molar-refractivity contribution is -0.140. The van der Waals surface area contributed by atoms with Crippen LogP contribution in [0.15, 0.2) is 24.5 Å². The van der Waals surface area contributed by atoms with Crippen LogP contribution in [0.25, 0.3) is 5.65 Å². The van der Waals surface area contributed by atoms with Gasteiger partial charge in [0.25, 0.3) is 0 Å². The number of alkyl halides is 3. The van der Waals surface area contributed by atoms with Crippen molar-refractivity contribution in [1.29, 1.82) is 0 Å². The molecule has 9 heteroatoms. The van der Waals surface area contributed by atoms with E-state index in [4.69, 9.17) is 0 Å². The highest BCUT2D eigenvalue weighted by atomic mass is 19.4. The van der Waals surface area contributed by atoms with Gasteiger partial charge in [-0.15, -0.1) is 5.10 Å². The fourth-order valence-corrected chi connectivity index (χ4v) is 5.02. The van der Waals surface area contributed by atoms with E-state index in [1.165, 1.54) is 30.6 Å². The smallest absolute Gasteiger partial charge is 0.384 e. The molecule has 158 valence electrons. The molecule has 0 radical (unpaired) electrons. The number of rotatable bonds is 2. The zero-order chi connectivity index (χ0) is 21.5. The molecule has 0 amide bonds. The van der Waals surface area contributed by atoms with Crippen LogP contribution >= 0.6 is 0 Å². The fraction of sp³-hybridized carbons (Fsp3) is 0.476. The molecule has 0 aromatic carbocycles. The molecule has 30 heavy (non-hydrogen) atoms. The number of hydrogen-bond donors (Lipinski definition) is 1. The van der Waals surface area contributed by atoms with E-state index in [9.17, 15) is 22.7 Å². The summed E-state index contributed by atoms with van der Waals surface area (Å²) in [5.74, 6) is -0.988. The normalized spacial score (nSPS) is 20.6. The summed E-state index contributed by atoms with van der Waals surface area (Å²) in [4.78, 5) is 8.30. The average molecular weight is 420 g/mol. The molecule has 5 rings (SSSR count). The van der Waals surface area contributed by atoms with Crippen LogP contribution < -0.4 is 0 Å². The standard InChI is InChI=1S/C21H20F4N4O/c1-19(2,30)17-14(21(23,24)25)6-11(9-27-17)12-8-20(4-3-5-20)18-13(12)10-26-16-7-15(22)28-29(16)18/h6-7,9-10,12,30H,3-5,8H2,1-2H3. The second-order valence-electron chi connectivity index (χ2n) is 8.91. The molecule has 0 saturated heterocycles. The summed E-state index contributed by atoms with van der Waals surface area (Å²) in [6.45, 7) is 2.57. The highest BCUT2D eigenvalue weighted by Crippen LogP contribution is 2.58. The van der Waals surface area contributed by atoms with Gasteiger partial charge in [0.05, 0.1) is 17.0 Å². The van der Waals surface area contributed by atoms with Crippen molar-refractivity contribution >= 4 is 5.65 Å². The van der Waals surface area contributed by atoms with Crippen molar-refractivity contribution < 1.29 is 22.7 Å². The molecule has 5 nitrogen and oxygen atoms in total. The lowest BCUT2D eigenvalue weighted by Gasteiger charge is -2.39. The second-order valence-corrected chi connectivity index (χ2v) is 8.91. The van der Waals surface area contributed by atoms with Gasteiger partial charge in [-0.2, -0.15) is 17.6 Å². The number of aromatic nitrogens is 4. The highest BCUT2D eigenvalue weighted by Gasteiger charge is 2.51. The highest BCUT2D eigenvalue weighted by molar-refractivity contribution is 5.51. The number of hydrogen-bond acceptors (Lipinski definition) is 4. The molecule has 1 fully saturated rings. The zero-order valence-corrected chi connectivity index (χ0v) is 16.5.